The molecule has 0 aliphatic heterocycles. The van der Waals surface area contributed by atoms with Crippen molar-refractivity contribution in [1.29, 1.82) is 0 Å². The van der Waals surface area contributed by atoms with Gasteiger partial charge in [-0.1, -0.05) is 24.8 Å². The first-order valence-electron chi connectivity index (χ1n) is 6.67. The summed E-state index contributed by atoms with van der Waals surface area (Å²) >= 11 is 0.926. The molecule has 0 amide bonds. The van der Waals surface area contributed by atoms with Gasteiger partial charge in [0.2, 0.25) is 0 Å². The topological polar surface area (TPSA) is 0 Å². The van der Waals surface area contributed by atoms with Crippen LogP contribution in [0.4, 0.5) is 30.7 Å². The second kappa shape index (κ2) is 4.84. The minimum Gasteiger partial charge on any atom is -0.204 e. The van der Waals surface area contributed by atoms with E-state index in [9.17, 15) is 30.7 Å². The fraction of sp³-hybridized carbons (Fsp3) is 0.250. The van der Waals surface area contributed by atoms with Crippen molar-refractivity contribution >= 4 is 33.1 Å². The van der Waals surface area contributed by atoms with Crippen molar-refractivity contribution in [2.24, 2.45) is 0 Å². The lowest BCUT2D eigenvalue weighted by atomic mass is 9.97. The van der Waals surface area contributed by atoms with Crippen LogP contribution in [0.2, 0.25) is 0 Å². The zero-order valence-electron chi connectivity index (χ0n) is 12.1. The Hall–Kier alpha value is -1.83. The molecule has 1 aliphatic carbocycles. The molecule has 0 spiro atoms. The van der Waals surface area contributed by atoms with E-state index in [2.05, 4.69) is 6.58 Å². The Kier molecular flexibility index (Phi) is 3.43. The van der Waals surface area contributed by atoms with E-state index in [1.54, 1.807) is 0 Å². The van der Waals surface area contributed by atoms with Crippen LogP contribution < -0.4 is 0 Å². The Labute approximate surface area is 135 Å². The van der Waals surface area contributed by atoms with Crippen molar-refractivity contribution in [1.82, 2.24) is 0 Å². The highest BCUT2D eigenvalue weighted by Gasteiger charge is 2.81. The first-order chi connectivity index (χ1) is 11.0. The number of halogens is 7. The van der Waals surface area contributed by atoms with E-state index in [0.29, 0.717) is 10.3 Å². The zero-order chi connectivity index (χ0) is 18.1. The molecule has 3 rings (SSSR count). The van der Waals surface area contributed by atoms with E-state index in [-0.39, 0.29) is 10.3 Å². The average molecular weight is 366 g/mol. The van der Waals surface area contributed by atoms with Crippen LogP contribution in [0.1, 0.15) is 16.0 Å². The summed E-state index contributed by atoms with van der Waals surface area (Å²) in [7, 11) is 0. The first-order valence-corrected chi connectivity index (χ1v) is 7.48. The van der Waals surface area contributed by atoms with E-state index in [1.807, 2.05) is 0 Å². The van der Waals surface area contributed by atoms with Crippen LogP contribution in [0.5, 0.6) is 0 Å². The molecule has 1 aliphatic rings. The molecule has 24 heavy (non-hydrogen) atoms. The molecule has 0 atom stereocenters. The highest BCUT2D eigenvalue weighted by Crippen LogP contribution is 2.63. The minimum atomic E-state index is -5.83. The molecule has 0 radical (unpaired) electrons. The summed E-state index contributed by atoms with van der Waals surface area (Å²) in [6, 6.07) is 4.29. The van der Waals surface area contributed by atoms with Gasteiger partial charge in [0.25, 0.3) is 0 Å². The summed E-state index contributed by atoms with van der Waals surface area (Å²) in [5.41, 5.74) is -1.92. The Bertz CT molecular complexity index is 889. The van der Waals surface area contributed by atoms with Gasteiger partial charge in [-0.15, -0.1) is 11.3 Å². The SMILES string of the molecule is C=Cc1ccc2c(C3=C(F)C(F)(F)C(F)(F)C3(F)F)c(C)sc2c1. The maximum absolute atomic E-state index is 14.0. The molecule has 0 nitrogen and oxygen atoms in total. The number of hydrogen-bond donors (Lipinski definition) is 0. The van der Waals surface area contributed by atoms with Gasteiger partial charge >= 0.3 is 17.8 Å². The fourth-order valence-electron chi connectivity index (χ4n) is 2.73. The van der Waals surface area contributed by atoms with Gasteiger partial charge in [0.05, 0.1) is 5.57 Å². The van der Waals surface area contributed by atoms with Gasteiger partial charge in [-0.05, 0) is 18.6 Å². The standard InChI is InChI=1S/C16H9F7S/c1-3-8-4-5-9-10(6-8)24-7(2)11(9)12-13(17)15(20,21)16(22,23)14(12,18)19/h3-6H,1H2,2H3. The number of hydrogen-bond acceptors (Lipinski definition) is 1. The highest BCUT2D eigenvalue weighted by molar-refractivity contribution is 7.19. The number of aryl methyl sites for hydroxylation is 1. The monoisotopic (exact) mass is 366 g/mol. The summed E-state index contributed by atoms with van der Waals surface area (Å²) in [5, 5.41) is 0.0152. The first kappa shape index (κ1) is 17.0. The summed E-state index contributed by atoms with van der Waals surface area (Å²) < 4.78 is 96.1. The Morgan fingerprint density at radius 1 is 1.04 bits per heavy atom. The maximum Gasteiger partial charge on any atom is 0.383 e. The van der Waals surface area contributed by atoms with Crippen molar-refractivity contribution in [3.8, 4) is 0 Å². The third-order valence-corrected chi connectivity index (χ3v) is 5.04. The van der Waals surface area contributed by atoms with Gasteiger partial charge in [0, 0.05) is 20.5 Å². The molecular weight excluding hydrogens is 357 g/mol. The number of rotatable bonds is 2. The van der Waals surface area contributed by atoms with Gasteiger partial charge in [-0.3, -0.25) is 0 Å². The van der Waals surface area contributed by atoms with Gasteiger partial charge in [-0.25, -0.2) is 4.39 Å². The summed E-state index contributed by atoms with van der Waals surface area (Å²) in [6.07, 6.45) is 1.47. The van der Waals surface area contributed by atoms with Gasteiger partial charge in [0.1, 0.15) is 0 Å². The molecule has 1 heterocycles. The highest BCUT2D eigenvalue weighted by atomic mass is 32.1. The van der Waals surface area contributed by atoms with Crippen LogP contribution in [0, 0.1) is 6.92 Å². The predicted molar refractivity (Wildman–Crippen MR) is 79.5 cm³/mol. The van der Waals surface area contributed by atoms with Crippen LogP contribution in [-0.4, -0.2) is 17.8 Å². The molecule has 0 saturated carbocycles. The van der Waals surface area contributed by atoms with Gasteiger partial charge < -0.3 is 0 Å². The summed E-state index contributed by atoms with van der Waals surface area (Å²) in [6.45, 7) is 4.82. The number of alkyl halides is 6. The molecule has 2 aromatic rings. The molecule has 0 N–H and O–H groups in total. The molecule has 0 fully saturated rings. The van der Waals surface area contributed by atoms with Crippen molar-refractivity contribution in [2.45, 2.75) is 24.7 Å². The molecule has 0 saturated heterocycles. The lowest BCUT2D eigenvalue weighted by molar-refractivity contribution is -0.263. The van der Waals surface area contributed by atoms with Gasteiger partial charge in [-0.2, -0.15) is 26.3 Å². The largest absolute Gasteiger partial charge is 0.383 e. The number of fused-ring (bicyclic) bond motifs is 1. The molecule has 128 valence electrons. The Morgan fingerprint density at radius 3 is 2.17 bits per heavy atom. The third kappa shape index (κ3) is 1.86. The zero-order valence-corrected chi connectivity index (χ0v) is 12.9. The van der Waals surface area contributed by atoms with E-state index < -0.39 is 34.7 Å². The minimum absolute atomic E-state index is 0.0152. The second-order valence-electron chi connectivity index (χ2n) is 5.41. The number of allylic oxidation sites excluding steroid dienone is 2. The van der Waals surface area contributed by atoms with Crippen molar-refractivity contribution < 1.29 is 30.7 Å². The number of thiophene rings is 1. The van der Waals surface area contributed by atoms with Crippen LogP contribution >= 0.6 is 11.3 Å². The number of benzene rings is 1. The molecule has 1 aromatic carbocycles. The fourth-order valence-corrected chi connectivity index (χ4v) is 3.85. The second-order valence-corrected chi connectivity index (χ2v) is 6.66. The van der Waals surface area contributed by atoms with Gasteiger partial charge in [0.15, 0.2) is 5.83 Å². The van der Waals surface area contributed by atoms with E-state index in [0.717, 1.165) is 11.3 Å². The molecule has 0 bridgehead atoms. The molecular formula is C16H9F7S. The summed E-state index contributed by atoms with van der Waals surface area (Å²) in [5.74, 6) is -19.5. The smallest absolute Gasteiger partial charge is 0.204 e. The maximum atomic E-state index is 14.0. The van der Waals surface area contributed by atoms with Crippen LogP contribution in [0.15, 0.2) is 30.6 Å². The molecule has 0 unspecified atom stereocenters. The normalized spacial score (nSPS) is 21.5. The summed E-state index contributed by atoms with van der Waals surface area (Å²) in [4.78, 5) is 0.0459. The lowest BCUT2D eigenvalue weighted by Crippen LogP contribution is -2.48. The third-order valence-electron chi connectivity index (χ3n) is 3.97. The lowest BCUT2D eigenvalue weighted by Gasteiger charge is -2.24. The van der Waals surface area contributed by atoms with E-state index >= 15 is 0 Å². The molecule has 8 heteroatoms. The Balaban J connectivity index is 2.37. The van der Waals surface area contributed by atoms with Crippen LogP contribution in [0.25, 0.3) is 21.7 Å². The Morgan fingerprint density at radius 2 is 1.67 bits per heavy atom. The van der Waals surface area contributed by atoms with E-state index in [4.69, 9.17) is 0 Å². The van der Waals surface area contributed by atoms with Crippen LogP contribution in [0.3, 0.4) is 0 Å². The van der Waals surface area contributed by atoms with E-state index in [1.165, 1.54) is 31.2 Å². The average Bonchev–Trinajstić information content (AvgIpc) is 2.85. The van der Waals surface area contributed by atoms with Crippen molar-refractivity contribution in [3.63, 3.8) is 0 Å². The quantitative estimate of drug-likeness (QED) is 0.536. The molecule has 1 aromatic heterocycles. The van der Waals surface area contributed by atoms with Crippen molar-refractivity contribution in [2.75, 3.05) is 0 Å². The van der Waals surface area contributed by atoms with Crippen molar-refractivity contribution in [3.05, 3.63) is 46.6 Å². The predicted octanol–water partition coefficient (Wildman–Crippen LogP) is 6.45. The van der Waals surface area contributed by atoms with Crippen LogP contribution in [-0.2, 0) is 0 Å².